The fourth-order valence-corrected chi connectivity index (χ4v) is 3.06. The van der Waals surface area contributed by atoms with Crippen LogP contribution in [0.3, 0.4) is 0 Å². The second-order valence-electron chi connectivity index (χ2n) is 3.44. The number of hydrogen-bond acceptors (Lipinski definition) is 4. The molecule has 0 aromatic rings. The number of carboxylic acids is 1. The SMILES string of the molecule is COCCN1CCN(CCC(=O)O)S1(=O)=O. The maximum Gasteiger partial charge on any atom is 0.304 e. The van der Waals surface area contributed by atoms with Gasteiger partial charge in [0.15, 0.2) is 0 Å². The summed E-state index contributed by atoms with van der Waals surface area (Å²) in [7, 11) is -1.97. The van der Waals surface area contributed by atoms with Crippen molar-refractivity contribution in [1.82, 2.24) is 8.61 Å². The second kappa shape index (κ2) is 5.58. The molecule has 7 nitrogen and oxygen atoms in total. The highest BCUT2D eigenvalue weighted by atomic mass is 32.2. The van der Waals surface area contributed by atoms with E-state index >= 15 is 0 Å². The van der Waals surface area contributed by atoms with Crippen LogP contribution in [0.15, 0.2) is 0 Å². The minimum atomic E-state index is -3.47. The van der Waals surface area contributed by atoms with E-state index in [0.29, 0.717) is 26.2 Å². The number of rotatable bonds is 6. The number of carbonyl (C=O) groups is 1. The Balaban J connectivity index is 2.54. The van der Waals surface area contributed by atoms with Gasteiger partial charge in [-0.15, -0.1) is 0 Å². The Morgan fingerprint density at radius 3 is 2.38 bits per heavy atom. The quantitative estimate of drug-likeness (QED) is 0.653. The van der Waals surface area contributed by atoms with Crippen molar-refractivity contribution in [3.05, 3.63) is 0 Å². The average molecular weight is 252 g/mol. The number of nitrogens with zero attached hydrogens (tertiary/aromatic N) is 2. The molecule has 0 aromatic carbocycles. The normalized spacial score (nSPS) is 21.3. The van der Waals surface area contributed by atoms with Gasteiger partial charge in [-0.2, -0.15) is 17.0 Å². The molecule has 0 aromatic heterocycles. The van der Waals surface area contributed by atoms with Crippen LogP contribution in [-0.4, -0.2) is 68.0 Å². The first-order valence-corrected chi connectivity index (χ1v) is 6.34. The maximum atomic E-state index is 11.8. The molecule has 1 aliphatic rings. The summed E-state index contributed by atoms with van der Waals surface area (Å²) in [4.78, 5) is 10.4. The van der Waals surface area contributed by atoms with E-state index in [1.54, 1.807) is 0 Å². The van der Waals surface area contributed by atoms with Crippen molar-refractivity contribution in [2.24, 2.45) is 0 Å². The molecule has 0 bridgehead atoms. The predicted molar refractivity (Wildman–Crippen MR) is 56.2 cm³/mol. The largest absolute Gasteiger partial charge is 0.481 e. The molecule has 1 fully saturated rings. The molecule has 0 spiro atoms. The van der Waals surface area contributed by atoms with Gasteiger partial charge in [-0.3, -0.25) is 4.79 Å². The Kier molecular flexibility index (Phi) is 4.66. The van der Waals surface area contributed by atoms with E-state index in [1.165, 1.54) is 15.7 Å². The van der Waals surface area contributed by atoms with Crippen molar-refractivity contribution < 1.29 is 23.1 Å². The molecular formula is C8H16N2O5S. The van der Waals surface area contributed by atoms with Gasteiger partial charge in [-0.25, -0.2) is 0 Å². The number of aliphatic carboxylic acids is 1. The number of hydrogen-bond donors (Lipinski definition) is 1. The van der Waals surface area contributed by atoms with Crippen molar-refractivity contribution >= 4 is 16.2 Å². The van der Waals surface area contributed by atoms with Crippen molar-refractivity contribution in [2.75, 3.05) is 39.9 Å². The van der Waals surface area contributed by atoms with Crippen LogP contribution in [0.5, 0.6) is 0 Å². The second-order valence-corrected chi connectivity index (χ2v) is 5.37. The standard InChI is InChI=1S/C8H16N2O5S/c1-15-7-6-10-5-4-9(16(10,13)14)3-2-8(11)12/h2-7H2,1H3,(H,11,12). The van der Waals surface area contributed by atoms with Gasteiger partial charge in [-0.05, 0) is 0 Å². The summed E-state index contributed by atoms with van der Waals surface area (Å²) in [6.07, 6.45) is -0.169. The lowest BCUT2D eigenvalue weighted by molar-refractivity contribution is -0.137. The molecule has 0 atom stereocenters. The van der Waals surface area contributed by atoms with Crippen LogP contribution < -0.4 is 0 Å². The van der Waals surface area contributed by atoms with Crippen LogP contribution in [0, 0.1) is 0 Å². The molecule has 16 heavy (non-hydrogen) atoms. The summed E-state index contributed by atoms with van der Waals surface area (Å²) < 4.78 is 30.9. The highest BCUT2D eigenvalue weighted by molar-refractivity contribution is 7.87. The molecule has 0 unspecified atom stereocenters. The number of ether oxygens (including phenoxy) is 1. The highest BCUT2D eigenvalue weighted by Crippen LogP contribution is 2.15. The van der Waals surface area contributed by atoms with Crippen molar-refractivity contribution in [1.29, 1.82) is 0 Å². The van der Waals surface area contributed by atoms with Gasteiger partial charge in [0.2, 0.25) is 0 Å². The van der Waals surface area contributed by atoms with Gasteiger partial charge in [-0.1, -0.05) is 0 Å². The Morgan fingerprint density at radius 1 is 1.31 bits per heavy atom. The van der Waals surface area contributed by atoms with Gasteiger partial charge < -0.3 is 9.84 Å². The van der Waals surface area contributed by atoms with Gasteiger partial charge in [0.05, 0.1) is 13.0 Å². The lowest BCUT2D eigenvalue weighted by Gasteiger charge is -2.17. The average Bonchev–Trinajstić information content (AvgIpc) is 2.47. The van der Waals surface area contributed by atoms with Crippen LogP contribution in [0.1, 0.15) is 6.42 Å². The van der Waals surface area contributed by atoms with Gasteiger partial charge >= 0.3 is 5.97 Å². The monoisotopic (exact) mass is 252 g/mol. The molecule has 0 saturated carbocycles. The summed E-state index contributed by atoms with van der Waals surface area (Å²) in [5, 5.41) is 8.50. The van der Waals surface area contributed by atoms with Gasteiger partial charge in [0, 0.05) is 33.3 Å². The highest BCUT2D eigenvalue weighted by Gasteiger charge is 2.35. The Labute approximate surface area is 94.8 Å². The number of carboxylic acid groups (broad SMARTS) is 1. The first kappa shape index (κ1) is 13.4. The fraction of sp³-hybridized carbons (Fsp3) is 0.875. The minimum Gasteiger partial charge on any atom is -0.481 e. The van der Waals surface area contributed by atoms with Crippen LogP contribution >= 0.6 is 0 Å². The van der Waals surface area contributed by atoms with E-state index in [4.69, 9.17) is 9.84 Å². The predicted octanol–water partition coefficient (Wildman–Crippen LogP) is -1.03. The molecular weight excluding hydrogens is 236 g/mol. The van der Waals surface area contributed by atoms with Crippen molar-refractivity contribution in [3.8, 4) is 0 Å². The fourth-order valence-electron chi connectivity index (χ4n) is 1.48. The molecule has 0 amide bonds. The molecule has 0 aliphatic carbocycles. The zero-order chi connectivity index (χ0) is 12.2. The lowest BCUT2D eigenvalue weighted by Crippen LogP contribution is -2.35. The van der Waals surface area contributed by atoms with Crippen LogP contribution in [0.2, 0.25) is 0 Å². The zero-order valence-electron chi connectivity index (χ0n) is 9.13. The van der Waals surface area contributed by atoms with Gasteiger partial charge in [0.25, 0.3) is 10.2 Å². The topological polar surface area (TPSA) is 87.2 Å². The maximum absolute atomic E-state index is 11.8. The number of methoxy groups -OCH3 is 1. The molecule has 8 heteroatoms. The molecule has 1 saturated heterocycles. The Bertz CT molecular complexity index is 342. The summed E-state index contributed by atoms with van der Waals surface area (Å²) >= 11 is 0. The molecule has 1 rings (SSSR count). The van der Waals surface area contributed by atoms with E-state index < -0.39 is 16.2 Å². The Morgan fingerprint density at radius 2 is 1.88 bits per heavy atom. The van der Waals surface area contributed by atoms with E-state index in [9.17, 15) is 13.2 Å². The van der Waals surface area contributed by atoms with Crippen LogP contribution in [0.4, 0.5) is 0 Å². The molecule has 1 N–H and O–H groups in total. The van der Waals surface area contributed by atoms with Crippen molar-refractivity contribution in [3.63, 3.8) is 0 Å². The van der Waals surface area contributed by atoms with Crippen LogP contribution in [0.25, 0.3) is 0 Å². The van der Waals surface area contributed by atoms with E-state index in [0.717, 1.165) is 0 Å². The lowest BCUT2D eigenvalue weighted by atomic mass is 10.4. The smallest absolute Gasteiger partial charge is 0.304 e. The van der Waals surface area contributed by atoms with Crippen LogP contribution in [-0.2, 0) is 19.7 Å². The summed E-state index contributed by atoms with van der Waals surface area (Å²) in [5.41, 5.74) is 0. The molecule has 0 radical (unpaired) electrons. The summed E-state index contributed by atoms with van der Waals surface area (Å²) in [6.45, 7) is 1.42. The third-order valence-electron chi connectivity index (χ3n) is 2.37. The third-order valence-corrected chi connectivity index (χ3v) is 4.41. The zero-order valence-corrected chi connectivity index (χ0v) is 9.94. The van der Waals surface area contributed by atoms with Crippen molar-refractivity contribution in [2.45, 2.75) is 6.42 Å². The third kappa shape index (κ3) is 3.14. The molecule has 1 heterocycles. The Hall–Kier alpha value is -0.700. The summed E-state index contributed by atoms with van der Waals surface area (Å²) in [6, 6.07) is 0. The minimum absolute atomic E-state index is 0.0289. The molecule has 94 valence electrons. The van der Waals surface area contributed by atoms with E-state index in [1.807, 2.05) is 0 Å². The molecule has 1 aliphatic heterocycles. The van der Waals surface area contributed by atoms with E-state index in [2.05, 4.69) is 0 Å². The first-order valence-electron chi connectivity index (χ1n) is 4.94. The first-order chi connectivity index (χ1) is 7.48. The van der Waals surface area contributed by atoms with Gasteiger partial charge in [0.1, 0.15) is 0 Å². The summed E-state index contributed by atoms with van der Waals surface area (Å²) in [5.74, 6) is -0.995. The van der Waals surface area contributed by atoms with E-state index in [-0.39, 0.29) is 13.0 Å².